The number of nitrogens with zero attached hydrogens (tertiary/aromatic N) is 4. The second-order valence-corrected chi connectivity index (χ2v) is 9.90. The zero-order chi connectivity index (χ0) is 21.8. The van der Waals surface area contributed by atoms with Gasteiger partial charge < -0.3 is 4.57 Å². The standard InChI is InChI=1S/C19H16ClN5O3S2/c1-10-7-12(11(2)24(10)14-6-4-5-13(20)9-14)8-15-16(21)25-18(22-17(15)26)29-23-19(25)30(3,27)28/h4-9,21H,1-3H3/b15-8-,21-16?. The smallest absolute Gasteiger partial charge is 0.283 e. The van der Waals surface area contributed by atoms with Gasteiger partial charge in [-0.3, -0.25) is 10.2 Å². The Morgan fingerprint density at radius 1 is 1.23 bits per heavy atom. The molecular formula is C19H16ClN5O3S2. The molecule has 0 unspecified atom stereocenters. The van der Waals surface area contributed by atoms with E-state index in [9.17, 15) is 13.2 Å². The number of aromatic nitrogens is 1. The van der Waals surface area contributed by atoms with Gasteiger partial charge in [0.1, 0.15) is 5.84 Å². The van der Waals surface area contributed by atoms with Crippen molar-refractivity contribution < 1.29 is 13.2 Å². The van der Waals surface area contributed by atoms with Gasteiger partial charge in [-0.1, -0.05) is 17.7 Å². The Morgan fingerprint density at radius 2 is 1.97 bits per heavy atom. The fourth-order valence-corrected chi connectivity index (χ4v) is 5.37. The van der Waals surface area contributed by atoms with E-state index in [1.54, 1.807) is 12.1 Å². The largest absolute Gasteiger partial charge is 0.318 e. The molecule has 3 heterocycles. The van der Waals surface area contributed by atoms with Gasteiger partial charge in [0, 0.05) is 28.4 Å². The second-order valence-electron chi connectivity index (χ2n) is 6.82. The Labute approximate surface area is 182 Å². The summed E-state index contributed by atoms with van der Waals surface area (Å²) in [5, 5.41) is 8.82. The molecule has 2 aliphatic heterocycles. The zero-order valence-electron chi connectivity index (χ0n) is 16.2. The van der Waals surface area contributed by atoms with Crippen molar-refractivity contribution in [1.82, 2.24) is 9.47 Å². The summed E-state index contributed by atoms with van der Waals surface area (Å²) in [5.74, 6) is -0.886. The van der Waals surface area contributed by atoms with Gasteiger partial charge in [-0.15, -0.1) is 0 Å². The molecule has 0 saturated heterocycles. The van der Waals surface area contributed by atoms with Crippen LogP contribution in [-0.4, -0.2) is 46.2 Å². The highest BCUT2D eigenvalue weighted by Gasteiger charge is 2.41. The molecule has 1 N–H and O–H groups in total. The van der Waals surface area contributed by atoms with Crippen LogP contribution < -0.4 is 0 Å². The number of sulfone groups is 1. The second kappa shape index (κ2) is 7.22. The van der Waals surface area contributed by atoms with Crippen LogP contribution in [-0.2, 0) is 14.6 Å². The first-order chi connectivity index (χ1) is 14.1. The van der Waals surface area contributed by atoms with Crippen LogP contribution >= 0.6 is 23.5 Å². The minimum Gasteiger partial charge on any atom is -0.318 e. The summed E-state index contributed by atoms with van der Waals surface area (Å²) < 4.78 is 29.9. The molecule has 2 aliphatic rings. The summed E-state index contributed by atoms with van der Waals surface area (Å²) in [7, 11) is -3.69. The van der Waals surface area contributed by atoms with Crippen LogP contribution in [0.5, 0.6) is 0 Å². The number of carbonyl (C=O) groups is 1. The molecule has 0 radical (unpaired) electrons. The van der Waals surface area contributed by atoms with Gasteiger partial charge in [0.05, 0.1) is 17.5 Å². The van der Waals surface area contributed by atoms with Gasteiger partial charge >= 0.3 is 0 Å². The molecule has 0 aliphatic carbocycles. The maximum absolute atomic E-state index is 12.6. The molecule has 2 aromatic rings. The van der Waals surface area contributed by atoms with E-state index in [0.717, 1.165) is 40.2 Å². The van der Waals surface area contributed by atoms with Crippen molar-refractivity contribution in [3.63, 3.8) is 0 Å². The van der Waals surface area contributed by atoms with Crippen molar-refractivity contribution in [2.24, 2.45) is 9.39 Å². The number of hydrogen-bond acceptors (Lipinski definition) is 6. The predicted molar refractivity (Wildman–Crippen MR) is 120 cm³/mol. The molecule has 11 heteroatoms. The summed E-state index contributed by atoms with van der Waals surface area (Å²) in [5.41, 5.74) is 3.32. The quantitative estimate of drug-likeness (QED) is 0.544. The predicted octanol–water partition coefficient (Wildman–Crippen LogP) is 3.37. The average Bonchev–Trinajstić information content (AvgIpc) is 3.19. The number of halogens is 1. The maximum Gasteiger partial charge on any atom is 0.283 e. The van der Waals surface area contributed by atoms with Crippen LogP contribution in [0.3, 0.4) is 0 Å². The van der Waals surface area contributed by atoms with Crippen LogP contribution in [0.1, 0.15) is 17.0 Å². The molecule has 30 heavy (non-hydrogen) atoms. The lowest BCUT2D eigenvalue weighted by atomic mass is 10.1. The fourth-order valence-electron chi connectivity index (χ4n) is 3.34. The Balaban J connectivity index is 1.80. The van der Waals surface area contributed by atoms with Crippen molar-refractivity contribution in [2.75, 3.05) is 6.26 Å². The SMILES string of the molecule is Cc1cc(/C=C2/C(=N)N3C(=NC2=O)SN=C3S(C)(=O)=O)c(C)n1-c1cccc(Cl)c1. The number of amides is 1. The third-order valence-electron chi connectivity index (χ3n) is 4.66. The highest BCUT2D eigenvalue weighted by molar-refractivity contribution is 8.16. The number of nitrogens with one attached hydrogen (secondary N) is 1. The number of benzene rings is 1. The maximum atomic E-state index is 12.6. The Kier molecular flexibility index (Phi) is 4.95. The number of amidine groups is 3. The van der Waals surface area contributed by atoms with Crippen LogP contribution in [0.4, 0.5) is 0 Å². The number of carbonyl (C=O) groups excluding carboxylic acids is 1. The fraction of sp³-hybridized carbons (Fsp3) is 0.158. The Hall–Kier alpha value is -2.69. The van der Waals surface area contributed by atoms with Crippen molar-refractivity contribution >= 4 is 61.5 Å². The van der Waals surface area contributed by atoms with E-state index in [1.165, 1.54) is 0 Å². The minimum absolute atomic E-state index is 0.0102. The summed E-state index contributed by atoms with van der Waals surface area (Å²) in [4.78, 5) is 17.6. The van der Waals surface area contributed by atoms with Crippen LogP contribution in [0.25, 0.3) is 11.8 Å². The summed E-state index contributed by atoms with van der Waals surface area (Å²) >= 11 is 6.89. The molecule has 0 spiro atoms. The van der Waals surface area contributed by atoms with Gasteiger partial charge in [0.15, 0.2) is 0 Å². The van der Waals surface area contributed by atoms with E-state index in [4.69, 9.17) is 17.0 Å². The number of rotatable bonds is 2. The van der Waals surface area contributed by atoms with Crippen LogP contribution in [0.15, 0.2) is 45.3 Å². The number of hydrogen-bond donors (Lipinski definition) is 1. The summed E-state index contributed by atoms with van der Waals surface area (Å²) in [6.07, 6.45) is 2.55. The summed E-state index contributed by atoms with van der Waals surface area (Å²) in [6, 6.07) is 9.27. The van der Waals surface area contributed by atoms with E-state index in [0.29, 0.717) is 10.6 Å². The van der Waals surface area contributed by atoms with E-state index in [2.05, 4.69) is 9.39 Å². The van der Waals surface area contributed by atoms with Crippen molar-refractivity contribution in [1.29, 1.82) is 5.41 Å². The minimum atomic E-state index is -3.69. The molecule has 1 amide bonds. The van der Waals surface area contributed by atoms with E-state index < -0.39 is 15.7 Å². The number of aryl methyl sites for hydroxylation is 1. The zero-order valence-corrected chi connectivity index (χ0v) is 18.6. The van der Waals surface area contributed by atoms with Gasteiger partial charge in [-0.05, 0) is 49.8 Å². The lowest BCUT2D eigenvalue weighted by Crippen LogP contribution is -2.45. The van der Waals surface area contributed by atoms with E-state index >= 15 is 0 Å². The third-order valence-corrected chi connectivity index (χ3v) is 6.65. The van der Waals surface area contributed by atoms with Gasteiger partial charge in [-0.25, -0.2) is 13.3 Å². The summed E-state index contributed by atoms with van der Waals surface area (Å²) in [6.45, 7) is 3.81. The van der Waals surface area contributed by atoms with Crippen molar-refractivity contribution in [3.05, 3.63) is 57.9 Å². The topological polar surface area (TPSA) is 108 Å². The molecule has 1 aromatic heterocycles. The molecule has 1 aromatic carbocycles. The Morgan fingerprint density at radius 3 is 2.63 bits per heavy atom. The van der Waals surface area contributed by atoms with E-state index in [-0.39, 0.29) is 21.7 Å². The lowest BCUT2D eigenvalue weighted by Gasteiger charge is -2.23. The van der Waals surface area contributed by atoms with Crippen molar-refractivity contribution in [2.45, 2.75) is 13.8 Å². The van der Waals surface area contributed by atoms with Gasteiger partial charge in [0.25, 0.3) is 5.91 Å². The Bertz CT molecular complexity index is 1320. The number of aliphatic imine (C=N–C) groups is 1. The van der Waals surface area contributed by atoms with E-state index in [1.807, 2.05) is 42.7 Å². The van der Waals surface area contributed by atoms with Crippen molar-refractivity contribution in [3.8, 4) is 5.69 Å². The molecular weight excluding hydrogens is 446 g/mol. The molecule has 0 saturated carbocycles. The normalized spacial score (nSPS) is 18.0. The first kappa shape index (κ1) is 20.6. The highest BCUT2D eigenvalue weighted by Crippen LogP contribution is 2.31. The first-order valence-electron chi connectivity index (χ1n) is 8.71. The molecule has 8 nitrogen and oxygen atoms in total. The highest BCUT2D eigenvalue weighted by atomic mass is 35.5. The average molecular weight is 462 g/mol. The molecule has 154 valence electrons. The molecule has 0 bridgehead atoms. The molecule has 4 rings (SSSR count). The van der Waals surface area contributed by atoms with Crippen LogP contribution in [0.2, 0.25) is 5.02 Å². The molecule has 0 atom stereocenters. The molecule has 0 fully saturated rings. The first-order valence-corrected chi connectivity index (χ1v) is 11.8. The van der Waals surface area contributed by atoms with Gasteiger partial charge in [0.2, 0.25) is 20.2 Å². The number of fused-ring (bicyclic) bond motifs is 1. The van der Waals surface area contributed by atoms with Crippen LogP contribution in [0, 0.1) is 19.3 Å². The monoisotopic (exact) mass is 461 g/mol. The van der Waals surface area contributed by atoms with Gasteiger partial charge in [-0.2, -0.15) is 9.39 Å². The third kappa shape index (κ3) is 3.40. The lowest BCUT2D eigenvalue weighted by molar-refractivity contribution is -0.114.